The molecule has 1 aromatic rings. The molecular weight excluding hydrogens is 306 g/mol. The van der Waals surface area contributed by atoms with Gasteiger partial charge in [-0.25, -0.2) is 4.79 Å². The van der Waals surface area contributed by atoms with Gasteiger partial charge in [-0.3, -0.25) is 4.79 Å². The third kappa shape index (κ3) is 5.76. The lowest BCUT2D eigenvalue weighted by molar-refractivity contribution is -0.121. The van der Waals surface area contributed by atoms with Crippen LogP contribution >= 0.6 is 0 Å². The number of amides is 2. The van der Waals surface area contributed by atoms with Crippen molar-refractivity contribution in [2.24, 2.45) is 0 Å². The van der Waals surface area contributed by atoms with E-state index < -0.39 is 0 Å². The fraction of sp³-hybridized carbons (Fsp3) is 0.556. The van der Waals surface area contributed by atoms with Gasteiger partial charge in [-0.05, 0) is 44.4 Å². The molecule has 0 unspecified atom stereocenters. The zero-order chi connectivity index (χ0) is 17.4. The molecule has 0 aromatic heterocycles. The molecule has 0 radical (unpaired) electrons. The van der Waals surface area contributed by atoms with E-state index in [0.717, 1.165) is 18.5 Å². The number of carbonyl (C=O) groups excluding carboxylic acids is 2. The standard InChI is InChI=1S/C18H27N3O3/c1-3-24-18(23)21-11-8-15(9-12-21)20-17(22)7-10-19-16-6-4-5-14(2)13-16/h4-6,13,15,19H,3,7-12H2,1-2H3,(H,20,22). The Balaban J connectivity index is 1.64. The number of anilines is 1. The molecule has 1 saturated heterocycles. The summed E-state index contributed by atoms with van der Waals surface area (Å²) in [5, 5.41) is 6.31. The molecule has 2 N–H and O–H groups in total. The van der Waals surface area contributed by atoms with E-state index in [0.29, 0.717) is 32.7 Å². The van der Waals surface area contributed by atoms with Crippen LogP contribution in [0.4, 0.5) is 10.5 Å². The van der Waals surface area contributed by atoms with Crippen LogP contribution in [0.25, 0.3) is 0 Å². The number of carbonyl (C=O) groups is 2. The van der Waals surface area contributed by atoms with Gasteiger partial charge in [0, 0.05) is 37.8 Å². The number of aryl methyl sites for hydroxylation is 1. The van der Waals surface area contributed by atoms with E-state index in [4.69, 9.17) is 4.74 Å². The van der Waals surface area contributed by atoms with E-state index in [9.17, 15) is 9.59 Å². The van der Waals surface area contributed by atoms with E-state index in [1.807, 2.05) is 25.1 Å². The van der Waals surface area contributed by atoms with Crippen molar-refractivity contribution in [3.8, 4) is 0 Å². The summed E-state index contributed by atoms with van der Waals surface area (Å²) in [7, 11) is 0. The first-order valence-electron chi connectivity index (χ1n) is 8.60. The lowest BCUT2D eigenvalue weighted by Crippen LogP contribution is -2.46. The number of nitrogens with zero attached hydrogens (tertiary/aromatic N) is 1. The number of rotatable bonds is 6. The summed E-state index contributed by atoms with van der Waals surface area (Å²) in [4.78, 5) is 25.4. The van der Waals surface area contributed by atoms with Crippen molar-refractivity contribution in [2.75, 3.05) is 31.6 Å². The second kappa shape index (κ2) is 9.15. The van der Waals surface area contributed by atoms with E-state index in [1.165, 1.54) is 5.56 Å². The van der Waals surface area contributed by atoms with Crippen molar-refractivity contribution in [1.29, 1.82) is 0 Å². The number of benzene rings is 1. The summed E-state index contributed by atoms with van der Waals surface area (Å²) >= 11 is 0. The molecule has 6 nitrogen and oxygen atoms in total. The van der Waals surface area contributed by atoms with Gasteiger partial charge in [0.1, 0.15) is 0 Å². The largest absolute Gasteiger partial charge is 0.450 e. The Morgan fingerprint density at radius 3 is 2.71 bits per heavy atom. The summed E-state index contributed by atoms with van der Waals surface area (Å²) in [6.07, 6.45) is 1.72. The van der Waals surface area contributed by atoms with Crippen LogP contribution in [0.1, 0.15) is 31.7 Å². The number of ether oxygens (including phenoxy) is 1. The predicted molar refractivity (Wildman–Crippen MR) is 94.0 cm³/mol. The van der Waals surface area contributed by atoms with Gasteiger partial charge in [-0.1, -0.05) is 12.1 Å². The molecule has 6 heteroatoms. The van der Waals surface area contributed by atoms with Crippen LogP contribution in [0.15, 0.2) is 24.3 Å². The number of hydrogen-bond acceptors (Lipinski definition) is 4. The molecule has 0 spiro atoms. The first-order chi connectivity index (χ1) is 11.6. The monoisotopic (exact) mass is 333 g/mol. The van der Waals surface area contributed by atoms with Crippen LogP contribution in [0.3, 0.4) is 0 Å². The second-order valence-corrected chi connectivity index (χ2v) is 6.07. The highest BCUT2D eigenvalue weighted by atomic mass is 16.6. The lowest BCUT2D eigenvalue weighted by atomic mass is 10.1. The van der Waals surface area contributed by atoms with E-state index >= 15 is 0 Å². The molecular formula is C18H27N3O3. The zero-order valence-corrected chi connectivity index (χ0v) is 14.5. The quantitative estimate of drug-likeness (QED) is 0.839. The van der Waals surface area contributed by atoms with Crippen molar-refractivity contribution >= 4 is 17.7 Å². The van der Waals surface area contributed by atoms with Gasteiger partial charge in [-0.2, -0.15) is 0 Å². The van der Waals surface area contributed by atoms with Crippen molar-refractivity contribution in [3.63, 3.8) is 0 Å². The average Bonchev–Trinajstić information content (AvgIpc) is 2.56. The molecule has 1 aliphatic rings. The third-order valence-corrected chi connectivity index (χ3v) is 4.09. The number of nitrogens with one attached hydrogen (secondary N) is 2. The Morgan fingerprint density at radius 1 is 1.29 bits per heavy atom. The van der Waals surface area contributed by atoms with Gasteiger partial charge in [0.25, 0.3) is 0 Å². The van der Waals surface area contributed by atoms with Crippen molar-refractivity contribution in [2.45, 2.75) is 39.2 Å². The maximum Gasteiger partial charge on any atom is 0.409 e. The Kier molecular flexibility index (Phi) is 6.90. The van der Waals surface area contributed by atoms with Crippen LogP contribution < -0.4 is 10.6 Å². The highest BCUT2D eigenvalue weighted by molar-refractivity contribution is 5.77. The zero-order valence-electron chi connectivity index (χ0n) is 14.5. The van der Waals surface area contributed by atoms with Crippen molar-refractivity contribution < 1.29 is 14.3 Å². The van der Waals surface area contributed by atoms with E-state index in [2.05, 4.69) is 16.7 Å². The van der Waals surface area contributed by atoms with Crippen molar-refractivity contribution in [3.05, 3.63) is 29.8 Å². The summed E-state index contributed by atoms with van der Waals surface area (Å²) in [6.45, 7) is 6.10. The summed E-state index contributed by atoms with van der Waals surface area (Å²) in [5.41, 5.74) is 2.23. The highest BCUT2D eigenvalue weighted by Gasteiger charge is 2.24. The van der Waals surface area contributed by atoms with Crippen LogP contribution in [0.5, 0.6) is 0 Å². The molecule has 0 saturated carbocycles. The van der Waals surface area contributed by atoms with Crippen LogP contribution in [-0.4, -0.2) is 49.2 Å². The Labute approximate surface area is 143 Å². The van der Waals surface area contributed by atoms with Crippen LogP contribution in [0.2, 0.25) is 0 Å². The van der Waals surface area contributed by atoms with Gasteiger partial charge in [0.2, 0.25) is 5.91 Å². The molecule has 0 aliphatic carbocycles. The molecule has 2 rings (SSSR count). The number of hydrogen-bond donors (Lipinski definition) is 2. The lowest BCUT2D eigenvalue weighted by Gasteiger charge is -2.31. The second-order valence-electron chi connectivity index (χ2n) is 6.07. The van der Waals surface area contributed by atoms with Gasteiger partial charge in [0.05, 0.1) is 6.61 Å². The molecule has 1 heterocycles. The highest BCUT2D eigenvalue weighted by Crippen LogP contribution is 2.12. The average molecular weight is 333 g/mol. The Hall–Kier alpha value is -2.24. The van der Waals surface area contributed by atoms with Crippen LogP contribution in [0, 0.1) is 6.92 Å². The van der Waals surface area contributed by atoms with Crippen LogP contribution in [-0.2, 0) is 9.53 Å². The van der Waals surface area contributed by atoms with Gasteiger partial charge in [-0.15, -0.1) is 0 Å². The van der Waals surface area contributed by atoms with E-state index in [1.54, 1.807) is 11.8 Å². The molecule has 1 aliphatic heterocycles. The summed E-state index contributed by atoms with van der Waals surface area (Å²) < 4.78 is 4.99. The van der Waals surface area contributed by atoms with E-state index in [-0.39, 0.29) is 18.0 Å². The fourth-order valence-corrected chi connectivity index (χ4v) is 2.80. The maximum atomic E-state index is 12.0. The van der Waals surface area contributed by atoms with Gasteiger partial charge in [0.15, 0.2) is 0 Å². The first kappa shape index (κ1) is 18.1. The first-order valence-corrected chi connectivity index (χ1v) is 8.60. The third-order valence-electron chi connectivity index (χ3n) is 4.09. The SMILES string of the molecule is CCOC(=O)N1CCC(NC(=O)CCNc2cccc(C)c2)CC1. The summed E-state index contributed by atoms with van der Waals surface area (Å²) in [5.74, 6) is 0.0461. The molecule has 1 aromatic carbocycles. The van der Waals surface area contributed by atoms with Gasteiger partial charge < -0.3 is 20.3 Å². The predicted octanol–water partition coefficient (Wildman–Crippen LogP) is 2.53. The topological polar surface area (TPSA) is 70.7 Å². The molecule has 2 amide bonds. The van der Waals surface area contributed by atoms with Crippen molar-refractivity contribution in [1.82, 2.24) is 10.2 Å². The smallest absolute Gasteiger partial charge is 0.409 e. The molecule has 1 fully saturated rings. The number of likely N-dealkylation sites (tertiary alicyclic amines) is 1. The minimum absolute atomic E-state index is 0.0461. The molecule has 24 heavy (non-hydrogen) atoms. The normalized spacial score (nSPS) is 15.0. The Bertz CT molecular complexity index is 554. The summed E-state index contributed by atoms with van der Waals surface area (Å²) in [6, 6.07) is 8.23. The number of piperidine rings is 1. The molecule has 0 atom stereocenters. The fourth-order valence-electron chi connectivity index (χ4n) is 2.80. The maximum absolute atomic E-state index is 12.0. The minimum Gasteiger partial charge on any atom is -0.450 e. The van der Waals surface area contributed by atoms with Gasteiger partial charge >= 0.3 is 6.09 Å². The Morgan fingerprint density at radius 2 is 2.04 bits per heavy atom. The minimum atomic E-state index is -0.260. The molecule has 132 valence electrons. The molecule has 0 bridgehead atoms.